The van der Waals surface area contributed by atoms with Crippen molar-refractivity contribution in [2.45, 2.75) is 101 Å². The van der Waals surface area contributed by atoms with Crippen LogP contribution in [0.25, 0.3) is 0 Å². The van der Waals surface area contributed by atoms with Crippen LogP contribution in [0.15, 0.2) is 60.8 Å². The second-order valence-electron chi connectivity index (χ2n) is 10.7. The molecule has 0 bridgehead atoms. The fraction of sp³-hybridized carbons (Fsp3) is 0.469. The Morgan fingerprint density at radius 1 is 0.595 bits per heavy atom. The van der Waals surface area contributed by atoms with Gasteiger partial charge in [0.2, 0.25) is 0 Å². The zero-order valence-electron chi connectivity index (χ0n) is 23.7. The normalized spacial score (nSPS) is 9.65. The van der Waals surface area contributed by atoms with E-state index in [1.54, 1.807) is 6.07 Å². The molecule has 3 rings (SSSR count). The first kappa shape index (κ1) is 52.0. The van der Waals surface area contributed by atoms with E-state index in [0.717, 1.165) is 5.56 Å². The summed E-state index contributed by atoms with van der Waals surface area (Å²) >= 11 is 0. The summed E-state index contributed by atoms with van der Waals surface area (Å²) in [5, 5.41) is 9.41. The van der Waals surface area contributed by atoms with E-state index < -0.39 is 0 Å². The van der Waals surface area contributed by atoms with Crippen molar-refractivity contribution in [3.8, 4) is 5.75 Å². The Balaban J connectivity index is -0.0000000902. The number of aromatic hydroxyl groups is 1. The topological polar surface area (TPSA) is 33.1 Å². The Bertz CT molecular complexity index is 846. The van der Waals surface area contributed by atoms with Gasteiger partial charge in [0.25, 0.3) is 0 Å². The molecule has 0 aliphatic carbocycles. The number of phenols is 1. The molecule has 1 N–H and O–H groups in total. The quantitative estimate of drug-likeness (QED) is 0.308. The molecule has 2 aromatic carbocycles. The van der Waals surface area contributed by atoms with Gasteiger partial charge in [-0.2, -0.15) is 66.2 Å². The number of rotatable bonds is 0. The van der Waals surface area contributed by atoms with Crippen molar-refractivity contribution in [2.24, 2.45) is 0 Å². The van der Waals surface area contributed by atoms with Gasteiger partial charge >= 0.3 is 154 Å². The van der Waals surface area contributed by atoms with Crippen LogP contribution in [-0.4, -0.2) is 10.1 Å². The molecule has 0 atom stereocenters. The molecule has 5 heteroatoms. The zero-order valence-corrected chi connectivity index (χ0v) is 33.0. The molecule has 0 unspecified atom stereocenters. The second kappa shape index (κ2) is 24.9. The standard InChI is InChI=1S/C10H13O.C10H13.C9H12N.3CH4.3K/c1-10(2,3)8-6-4-5-7-9(8)11;1-10(2,3)9-7-5-4-6-8-9;1-9(2,3)8-5-4-6-10-7-8;;;;;;/h4,6-7,11H,1-3H3;5-8H,1-3H3;4-5,7H,1-3H3;3*1H4;;;/q3*-1;;;;3*+1. The van der Waals surface area contributed by atoms with E-state index in [2.05, 4.69) is 97.8 Å². The second-order valence-corrected chi connectivity index (χ2v) is 10.7. The molecule has 0 fully saturated rings. The van der Waals surface area contributed by atoms with Crippen molar-refractivity contribution in [3.05, 3.63) is 95.8 Å². The third-order valence-electron chi connectivity index (χ3n) is 4.72. The minimum atomic E-state index is 0. The summed E-state index contributed by atoms with van der Waals surface area (Å²) in [6, 6.07) is 23.2. The summed E-state index contributed by atoms with van der Waals surface area (Å²) in [6.07, 6.45) is 4.62. The first-order valence-corrected chi connectivity index (χ1v) is 10.7. The van der Waals surface area contributed by atoms with Gasteiger partial charge in [-0.25, -0.2) is 0 Å². The van der Waals surface area contributed by atoms with Crippen molar-refractivity contribution < 1.29 is 159 Å². The molecule has 0 radical (unpaired) electrons. The molecule has 0 aliphatic heterocycles. The minimum absolute atomic E-state index is 0. The van der Waals surface area contributed by atoms with E-state index in [1.165, 1.54) is 11.1 Å². The number of benzene rings is 2. The summed E-state index contributed by atoms with van der Waals surface area (Å²) in [7, 11) is 0. The van der Waals surface area contributed by atoms with Crippen LogP contribution >= 0.6 is 0 Å². The summed E-state index contributed by atoms with van der Waals surface area (Å²) in [5.41, 5.74) is 4.09. The monoisotopic (exact) mass is 581 g/mol. The molecule has 0 spiro atoms. The number of phenolic OH excluding ortho intramolecular Hbond substituents is 1. The van der Waals surface area contributed by atoms with Gasteiger partial charge in [0.1, 0.15) is 0 Å². The predicted octanol–water partition coefficient (Wildman–Crippen LogP) is 0.374. The van der Waals surface area contributed by atoms with Crippen LogP contribution in [0.1, 0.15) is 101 Å². The zero-order chi connectivity index (χ0) is 23.7. The fourth-order valence-corrected chi connectivity index (χ4v) is 2.71. The molecule has 3 aromatic rings. The molecule has 2 nitrogen and oxygen atoms in total. The van der Waals surface area contributed by atoms with Gasteiger partial charge in [0.05, 0.1) is 0 Å². The van der Waals surface area contributed by atoms with Crippen molar-refractivity contribution in [2.75, 3.05) is 0 Å². The first-order valence-electron chi connectivity index (χ1n) is 10.7. The van der Waals surface area contributed by atoms with E-state index >= 15 is 0 Å². The van der Waals surface area contributed by atoms with E-state index in [0.29, 0.717) is 5.75 Å². The number of pyridine rings is 1. The summed E-state index contributed by atoms with van der Waals surface area (Å²) in [5.74, 6) is 0.333. The maximum Gasteiger partial charge on any atom is 1.00 e. The smallest absolute Gasteiger partial charge is 0.565 e. The van der Waals surface area contributed by atoms with Crippen LogP contribution in [0.3, 0.4) is 0 Å². The third-order valence-corrected chi connectivity index (χ3v) is 4.72. The Morgan fingerprint density at radius 3 is 1.30 bits per heavy atom. The molecule has 0 saturated carbocycles. The molecule has 192 valence electrons. The summed E-state index contributed by atoms with van der Waals surface area (Å²) in [6.45, 7) is 19.4. The Hall–Kier alpha value is 2.30. The Morgan fingerprint density at radius 2 is 1.03 bits per heavy atom. The van der Waals surface area contributed by atoms with Gasteiger partial charge in [0, 0.05) is 5.75 Å². The SMILES string of the molecule is C.C.C.CC(C)(C)c1cc[c-]cc1.CC(C)(C)c1cc[c-]cc1O.CC(C)(C)c1cc[c-]nc1.[K+].[K+].[K+]. The van der Waals surface area contributed by atoms with E-state index in [9.17, 15) is 5.11 Å². The fourth-order valence-electron chi connectivity index (χ4n) is 2.71. The molecule has 1 heterocycles. The van der Waals surface area contributed by atoms with E-state index in [1.807, 2.05) is 42.6 Å². The molecule has 0 saturated heterocycles. The molecule has 37 heavy (non-hydrogen) atoms. The Labute approximate surface area is 359 Å². The van der Waals surface area contributed by atoms with Crippen molar-refractivity contribution in [1.29, 1.82) is 0 Å². The van der Waals surface area contributed by atoms with Gasteiger partial charge in [-0.15, -0.1) is 17.2 Å². The van der Waals surface area contributed by atoms with Gasteiger partial charge < -0.3 is 10.1 Å². The largest absolute Gasteiger partial charge is 1.00 e. The molecule has 0 amide bonds. The van der Waals surface area contributed by atoms with Crippen molar-refractivity contribution >= 4 is 0 Å². The first-order chi connectivity index (χ1) is 14.2. The summed E-state index contributed by atoms with van der Waals surface area (Å²) in [4.78, 5) is 3.93. The van der Waals surface area contributed by atoms with Crippen LogP contribution in [0.2, 0.25) is 0 Å². The molecular weight excluding hydrogens is 532 g/mol. The van der Waals surface area contributed by atoms with Crippen LogP contribution in [0.5, 0.6) is 5.75 Å². The molecule has 1 aromatic heterocycles. The van der Waals surface area contributed by atoms with Crippen LogP contribution in [0.4, 0.5) is 0 Å². The number of hydrogen-bond donors (Lipinski definition) is 1. The Kier molecular flexibility index (Phi) is 34.9. The third kappa shape index (κ3) is 22.6. The number of aromatic nitrogens is 1. The molecular formula is C32H50K3NO. The predicted molar refractivity (Wildman–Crippen MR) is 152 cm³/mol. The minimum Gasteiger partial charge on any atom is -0.565 e. The van der Waals surface area contributed by atoms with Crippen LogP contribution in [0, 0.1) is 18.3 Å². The average molecular weight is 582 g/mol. The van der Waals surface area contributed by atoms with E-state index in [-0.39, 0.29) is 193 Å². The van der Waals surface area contributed by atoms with Gasteiger partial charge in [-0.05, 0) is 16.2 Å². The van der Waals surface area contributed by atoms with Crippen molar-refractivity contribution in [1.82, 2.24) is 4.98 Å². The summed E-state index contributed by atoms with van der Waals surface area (Å²) < 4.78 is 0. The maximum atomic E-state index is 9.41. The van der Waals surface area contributed by atoms with Gasteiger partial charge in [-0.1, -0.05) is 97.0 Å². The van der Waals surface area contributed by atoms with Crippen LogP contribution in [-0.2, 0) is 16.2 Å². The van der Waals surface area contributed by atoms with Gasteiger partial charge in [0.15, 0.2) is 0 Å². The van der Waals surface area contributed by atoms with Gasteiger partial charge in [-0.3, -0.25) is 0 Å². The molecule has 0 aliphatic rings. The number of hydrogen-bond acceptors (Lipinski definition) is 2. The number of nitrogens with zero attached hydrogens (tertiary/aromatic N) is 1. The average Bonchev–Trinajstić information content (AvgIpc) is 2.69. The van der Waals surface area contributed by atoms with Crippen LogP contribution < -0.4 is 154 Å². The maximum absolute atomic E-state index is 9.41. The van der Waals surface area contributed by atoms with E-state index in [4.69, 9.17) is 0 Å². The van der Waals surface area contributed by atoms with Crippen molar-refractivity contribution in [3.63, 3.8) is 0 Å².